The summed E-state index contributed by atoms with van der Waals surface area (Å²) in [5.74, 6) is 0.815. The number of halogens is 1. The van der Waals surface area contributed by atoms with Gasteiger partial charge in [0.1, 0.15) is 5.75 Å². The van der Waals surface area contributed by atoms with E-state index in [2.05, 4.69) is 15.9 Å². The lowest BCUT2D eigenvalue weighted by atomic mass is 10.3. The Morgan fingerprint density at radius 3 is 2.85 bits per heavy atom. The molecule has 0 aromatic heterocycles. The van der Waals surface area contributed by atoms with Crippen molar-refractivity contribution in [3.63, 3.8) is 0 Å². The zero-order valence-corrected chi connectivity index (χ0v) is 9.37. The molecule has 0 saturated heterocycles. The van der Waals surface area contributed by atoms with Crippen molar-refractivity contribution < 1.29 is 9.47 Å². The largest absolute Gasteiger partial charge is 0.465 e. The van der Waals surface area contributed by atoms with Gasteiger partial charge in [-0.3, -0.25) is 0 Å². The van der Waals surface area contributed by atoms with Crippen LogP contribution < -0.4 is 4.74 Å². The summed E-state index contributed by atoms with van der Waals surface area (Å²) in [6.07, 6.45) is -0.195. The normalized spacial score (nSPS) is 12.5. The lowest BCUT2D eigenvalue weighted by molar-refractivity contribution is -0.0613. The molecule has 1 atom stereocenters. The lowest BCUT2D eigenvalue weighted by Crippen LogP contribution is -2.15. The SMILES string of the molecule is CCOC(C)Oc1cccc(Br)c1. The van der Waals surface area contributed by atoms with Crippen molar-refractivity contribution in [2.24, 2.45) is 0 Å². The molecular weight excluding hydrogens is 232 g/mol. The zero-order valence-electron chi connectivity index (χ0n) is 7.79. The van der Waals surface area contributed by atoms with Crippen molar-refractivity contribution in [1.29, 1.82) is 0 Å². The Labute approximate surface area is 87.0 Å². The summed E-state index contributed by atoms with van der Waals surface area (Å²) in [7, 11) is 0. The summed E-state index contributed by atoms with van der Waals surface area (Å²) in [6.45, 7) is 4.49. The van der Waals surface area contributed by atoms with Gasteiger partial charge in [-0.25, -0.2) is 0 Å². The highest BCUT2D eigenvalue weighted by Gasteiger charge is 2.01. The molecule has 1 aromatic carbocycles. The lowest BCUT2D eigenvalue weighted by Gasteiger charge is -2.14. The molecule has 0 aliphatic carbocycles. The average molecular weight is 245 g/mol. The minimum Gasteiger partial charge on any atom is -0.465 e. The number of rotatable bonds is 4. The Bertz CT molecular complexity index is 263. The molecule has 72 valence electrons. The van der Waals surface area contributed by atoms with Gasteiger partial charge in [-0.05, 0) is 32.0 Å². The van der Waals surface area contributed by atoms with E-state index >= 15 is 0 Å². The highest BCUT2D eigenvalue weighted by Crippen LogP contribution is 2.18. The maximum absolute atomic E-state index is 5.48. The van der Waals surface area contributed by atoms with Crippen LogP contribution >= 0.6 is 15.9 Å². The van der Waals surface area contributed by atoms with Gasteiger partial charge in [-0.2, -0.15) is 0 Å². The third-order valence-corrected chi connectivity index (χ3v) is 1.99. The highest BCUT2D eigenvalue weighted by molar-refractivity contribution is 9.10. The highest BCUT2D eigenvalue weighted by atomic mass is 79.9. The Hall–Kier alpha value is -0.540. The monoisotopic (exact) mass is 244 g/mol. The van der Waals surface area contributed by atoms with E-state index in [1.807, 2.05) is 38.1 Å². The second-order valence-electron chi connectivity index (χ2n) is 2.60. The molecule has 0 amide bonds. The molecule has 0 saturated carbocycles. The van der Waals surface area contributed by atoms with E-state index in [1.54, 1.807) is 0 Å². The minimum atomic E-state index is -0.195. The first kappa shape index (κ1) is 10.5. The molecule has 0 aliphatic rings. The smallest absolute Gasteiger partial charge is 0.196 e. The van der Waals surface area contributed by atoms with Gasteiger partial charge in [-0.1, -0.05) is 22.0 Å². The van der Waals surface area contributed by atoms with Crippen LogP contribution in [0.3, 0.4) is 0 Å². The zero-order chi connectivity index (χ0) is 9.68. The van der Waals surface area contributed by atoms with Crippen molar-refractivity contribution in [3.05, 3.63) is 28.7 Å². The Balaban J connectivity index is 2.53. The third kappa shape index (κ3) is 3.79. The van der Waals surface area contributed by atoms with Gasteiger partial charge in [0.05, 0.1) is 0 Å². The van der Waals surface area contributed by atoms with Gasteiger partial charge in [-0.15, -0.1) is 0 Å². The van der Waals surface area contributed by atoms with Crippen LogP contribution in [-0.4, -0.2) is 12.9 Å². The first-order valence-corrected chi connectivity index (χ1v) is 5.05. The molecule has 2 nitrogen and oxygen atoms in total. The maximum Gasteiger partial charge on any atom is 0.196 e. The molecule has 0 spiro atoms. The van der Waals surface area contributed by atoms with Crippen LogP contribution in [-0.2, 0) is 4.74 Å². The fourth-order valence-electron chi connectivity index (χ4n) is 1.00. The fraction of sp³-hybridized carbons (Fsp3) is 0.400. The Kier molecular flexibility index (Phi) is 4.25. The second-order valence-corrected chi connectivity index (χ2v) is 3.51. The van der Waals surface area contributed by atoms with E-state index in [0.29, 0.717) is 6.61 Å². The molecule has 1 unspecified atom stereocenters. The predicted molar refractivity (Wildman–Crippen MR) is 55.9 cm³/mol. The molecule has 0 N–H and O–H groups in total. The molecule has 1 aromatic rings. The van der Waals surface area contributed by atoms with Crippen LogP contribution in [0.15, 0.2) is 28.7 Å². The third-order valence-electron chi connectivity index (χ3n) is 1.50. The molecular formula is C10H13BrO2. The summed E-state index contributed by atoms with van der Waals surface area (Å²) in [4.78, 5) is 0. The molecule has 0 heterocycles. The predicted octanol–water partition coefficient (Wildman–Crippen LogP) is 3.21. The van der Waals surface area contributed by atoms with Gasteiger partial charge in [0.15, 0.2) is 6.29 Å². The van der Waals surface area contributed by atoms with Gasteiger partial charge < -0.3 is 9.47 Å². The van der Waals surface area contributed by atoms with Crippen molar-refractivity contribution in [2.45, 2.75) is 20.1 Å². The van der Waals surface area contributed by atoms with Crippen molar-refractivity contribution >= 4 is 15.9 Å². The summed E-state index contributed by atoms with van der Waals surface area (Å²) in [5, 5.41) is 0. The quantitative estimate of drug-likeness (QED) is 0.758. The molecule has 0 radical (unpaired) electrons. The van der Waals surface area contributed by atoms with Crippen LogP contribution in [0.25, 0.3) is 0 Å². The van der Waals surface area contributed by atoms with E-state index in [4.69, 9.17) is 9.47 Å². The summed E-state index contributed by atoms with van der Waals surface area (Å²) in [6, 6.07) is 7.70. The maximum atomic E-state index is 5.48. The Morgan fingerprint density at radius 1 is 1.46 bits per heavy atom. The Morgan fingerprint density at radius 2 is 2.23 bits per heavy atom. The van der Waals surface area contributed by atoms with Crippen molar-refractivity contribution in [3.8, 4) is 5.75 Å². The summed E-state index contributed by atoms with van der Waals surface area (Å²) < 4.78 is 11.7. The van der Waals surface area contributed by atoms with E-state index in [1.165, 1.54) is 0 Å². The molecule has 1 rings (SSSR count). The van der Waals surface area contributed by atoms with Crippen LogP contribution in [0.4, 0.5) is 0 Å². The van der Waals surface area contributed by atoms with Crippen LogP contribution in [0.5, 0.6) is 5.75 Å². The number of hydrogen-bond acceptors (Lipinski definition) is 2. The van der Waals surface area contributed by atoms with Crippen LogP contribution in [0, 0.1) is 0 Å². The van der Waals surface area contributed by atoms with Crippen LogP contribution in [0.2, 0.25) is 0 Å². The van der Waals surface area contributed by atoms with Gasteiger partial charge in [0.2, 0.25) is 0 Å². The first-order valence-electron chi connectivity index (χ1n) is 4.26. The molecule has 0 bridgehead atoms. The topological polar surface area (TPSA) is 18.5 Å². The van der Waals surface area contributed by atoms with E-state index in [9.17, 15) is 0 Å². The summed E-state index contributed by atoms with van der Waals surface area (Å²) >= 11 is 3.37. The number of benzene rings is 1. The molecule has 0 aliphatic heterocycles. The minimum absolute atomic E-state index is 0.195. The van der Waals surface area contributed by atoms with E-state index in [0.717, 1.165) is 10.2 Å². The second kappa shape index (κ2) is 5.25. The van der Waals surface area contributed by atoms with Crippen molar-refractivity contribution in [1.82, 2.24) is 0 Å². The average Bonchev–Trinajstić information content (AvgIpc) is 2.04. The van der Waals surface area contributed by atoms with E-state index in [-0.39, 0.29) is 6.29 Å². The van der Waals surface area contributed by atoms with Crippen molar-refractivity contribution in [2.75, 3.05) is 6.61 Å². The number of hydrogen-bond donors (Lipinski definition) is 0. The molecule has 3 heteroatoms. The summed E-state index contributed by atoms with van der Waals surface area (Å²) in [5.41, 5.74) is 0. The molecule has 0 fully saturated rings. The van der Waals surface area contributed by atoms with E-state index < -0.39 is 0 Å². The first-order chi connectivity index (χ1) is 6.22. The van der Waals surface area contributed by atoms with Gasteiger partial charge in [0, 0.05) is 11.1 Å². The fourth-order valence-corrected chi connectivity index (χ4v) is 1.38. The van der Waals surface area contributed by atoms with Crippen LogP contribution in [0.1, 0.15) is 13.8 Å². The van der Waals surface area contributed by atoms with Gasteiger partial charge >= 0.3 is 0 Å². The molecule has 13 heavy (non-hydrogen) atoms. The standard InChI is InChI=1S/C10H13BrO2/c1-3-12-8(2)13-10-6-4-5-9(11)7-10/h4-8H,3H2,1-2H3. The van der Waals surface area contributed by atoms with Gasteiger partial charge in [0.25, 0.3) is 0 Å². The number of ether oxygens (including phenoxy) is 2.